The number of nitrogens with two attached hydrogens (primary N) is 1. The normalized spacial score (nSPS) is 12.1. The van der Waals surface area contributed by atoms with Crippen molar-refractivity contribution in [1.82, 2.24) is 19.1 Å². The van der Waals surface area contributed by atoms with Crippen LogP contribution in [0.4, 0.5) is 37.8 Å². The third kappa shape index (κ3) is 13.3. The molecule has 376 valence electrons. The molecular formula is C45H41BBrF7KN7O8S2. The SMILES string of the molecule is CCB(F)F.Cc1cccc([C@@H](C)n2c(=O)oc3cc(S(=O)(=O)Nc4cccc(F)n4)c(F)cc32)c1Br.Cc1cccc([C@@H](C)n2c(=O)oc3cc(S(=O)(=O)Nc4cccc(F)n4)c(F)cc32)c1CN.[F-].[K+]. The number of hydrogen-bond acceptors (Lipinski definition) is 11. The number of nitrogens with zero attached hydrogens (tertiary/aromatic N) is 4. The minimum absolute atomic E-state index is 0. The van der Waals surface area contributed by atoms with E-state index in [2.05, 4.69) is 25.9 Å². The molecule has 0 aliphatic rings. The van der Waals surface area contributed by atoms with E-state index in [0.29, 0.717) is 0 Å². The maximum Gasteiger partial charge on any atom is 1.00 e. The van der Waals surface area contributed by atoms with Crippen molar-refractivity contribution in [3.05, 3.63) is 174 Å². The molecule has 0 saturated heterocycles. The topological polar surface area (TPSA) is 214 Å². The molecule has 4 heterocycles. The molecule has 0 fully saturated rings. The molecule has 0 aliphatic heterocycles. The zero-order valence-corrected chi connectivity index (χ0v) is 45.2. The van der Waals surface area contributed by atoms with Gasteiger partial charge in [-0.3, -0.25) is 27.2 Å². The number of aromatic nitrogens is 4. The molecule has 8 aromatic rings. The maximum atomic E-state index is 15.0. The Bertz CT molecular complexity index is 3610. The van der Waals surface area contributed by atoms with E-state index >= 15 is 0 Å². The van der Waals surface area contributed by atoms with Crippen LogP contribution in [0.15, 0.2) is 130 Å². The van der Waals surface area contributed by atoms with Crippen LogP contribution in [-0.2, 0) is 26.6 Å². The molecule has 4 aromatic carbocycles. The number of hydrogen-bond donors (Lipinski definition) is 3. The minimum atomic E-state index is -4.49. The Hall–Kier alpha value is -5.13. The Morgan fingerprint density at radius 2 is 1.07 bits per heavy atom. The van der Waals surface area contributed by atoms with Crippen molar-refractivity contribution >= 4 is 77.1 Å². The van der Waals surface area contributed by atoms with Crippen molar-refractivity contribution in [2.45, 2.75) is 69.4 Å². The van der Waals surface area contributed by atoms with Crippen LogP contribution in [0, 0.1) is 37.4 Å². The molecule has 0 unspecified atom stereocenters. The van der Waals surface area contributed by atoms with Gasteiger partial charge >= 0.3 is 70.2 Å². The van der Waals surface area contributed by atoms with E-state index in [4.69, 9.17) is 14.6 Å². The average molecular weight is 1130 g/mol. The van der Waals surface area contributed by atoms with Crippen LogP contribution in [0.5, 0.6) is 0 Å². The summed E-state index contributed by atoms with van der Waals surface area (Å²) in [5.74, 6) is -6.22. The number of fused-ring (bicyclic) bond motifs is 2. The molecule has 0 aliphatic carbocycles. The van der Waals surface area contributed by atoms with Gasteiger partial charge in [0.05, 0.1) is 23.1 Å². The standard InChI is InChI=1S/C22H20F2N4O4S.C21H16BrF2N3O4S.C2H5BF2.FH.K/c1-12-5-3-6-14(15(12)11-25)13(2)28-17-9-16(23)19(10-18(17)32-22(28)29)33(30,31)27-21-8-4-7-20(24)26-21;1-11-5-3-6-13(20(11)22)12(2)27-15-9-14(23)17(10-16(15)31-21(27)28)32(29,30)26-19-8-4-7-18(24)25-19;1-2-3(4)5;;/h3-10,13H,11,25H2,1-2H3,(H,26,27);3-10,12H,1-2H3,(H,25,26);2H2,1H3;1H;/q;;;;+1/p-1/t13-;12-;;;/m11.../s1. The van der Waals surface area contributed by atoms with E-state index in [9.17, 15) is 52.6 Å². The quantitative estimate of drug-likeness (QED) is 0.0913. The molecule has 2 atom stereocenters. The average Bonchev–Trinajstić information content (AvgIpc) is 3.79. The maximum absolute atomic E-state index is 15.0. The first-order chi connectivity index (χ1) is 33.0. The molecule has 4 N–H and O–H groups in total. The van der Waals surface area contributed by atoms with Crippen molar-refractivity contribution < 1.29 is 108 Å². The zero-order valence-electron chi connectivity index (χ0n) is 38.9. The second-order valence-electron chi connectivity index (χ2n) is 15.4. The summed E-state index contributed by atoms with van der Waals surface area (Å²) in [4.78, 5) is 30.5. The summed E-state index contributed by atoms with van der Waals surface area (Å²) >= 11 is 3.50. The summed E-state index contributed by atoms with van der Waals surface area (Å²) in [5, 5.41) is 0. The van der Waals surface area contributed by atoms with Gasteiger partial charge in [-0.15, -0.1) is 0 Å². The zero-order chi connectivity index (χ0) is 51.4. The second-order valence-corrected chi connectivity index (χ2v) is 19.4. The molecule has 0 spiro atoms. The number of oxazole rings is 2. The van der Waals surface area contributed by atoms with Crippen molar-refractivity contribution in [3.63, 3.8) is 0 Å². The van der Waals surface area contributed by atoms with Crippen molar-refractivity contribution in [3.8, 4) is 0 Å². The largest absolute Gasteiger partial charge is 1.00 e. The third-order valence-electron chi connectivity index (χ3n) is 10.7. The predicted octanol–water partition coefficient (Wildman–Crippen LogP) is 3.64. The Labute approximate surface area is 458 Å². The van der Waals surface area contributed by atoms with Crippen LogP contribution in [0.25, 0.3) is 22.2 Å². The number of anilines is 2. The van der Waals surface area contributed by atoms with Gasteiger partial charge in [-0.1, -0.05) is 71.4 Å². The molecule has 0 amide bonds. The Balaban J connectivity index is 0.000000279. The Morgan fingerprint density at radius 1 is 0.681 bits per heavy atom. The summed E-state index contributed by atoms with van der Waals surface area (Å²) < 4.78 is 146. The first kappa shape index (κ1) is 59.4. The van der Waals surface area contributed by atoms with E-state index in [1.54, 1.807) is 13.8 Å². The number of sulfonamides is 2. The number of halogens is 8. The van der Waals surface area contributed by atoms with E-state index in [-0.39, 0.29) is 103 Å². The summed E-state index contributed by atoms with van der Waals surface area (Å²) in [7, 11) is -11.1. The van der Waals surface area contributed by atoms with Crippen molar-refractivity contribution in [2.75, 3.05) is 9.44 Å². The summed E-state index contributed by atoms with van der Waals surface area (Å²) in [6, 6.07) is 20.7. The van der Waals surface area contributed by atoms with Gasteiger partial charge in [0.1, 0.15) is 33.1 Å². The number of aryl methyl sites for hydroxylation is 2. The van der Waals surface area contributed by atoms with Crippen LogP contribution in [0.3, 0.4) is 0 Å². The van der Waals surface area contributed by atoms with Crippen LogP contribution < -0.4 is 82.8 Å². The van der Waals surface area contributed by atoms with Gasteiger partial charge in [0, 0.05) is 35.3 Å². The fraction of sp³-hybridized carbons (Fsp3) is 0.200. The number of pyridine rings is 2. The van der Waals surface area contributed by atoms with E-state index < -0.39 is 84.2 Å². The molecule has 0 bridgehead atoms. The molecule has 15 nitrogen and oxygen atoms in total. The first-order valence-electron chi connectivity index (χ1n) is 20.8. The summed E-state index contributed by atoms with van der Waals surface area (Å²) in [6.07, 6.45) is -0.0278. The number of rotatable bonds is 12. The molecular weight excluding hydrogens is 1090 g/mol. The minimum Gasteiger partial charge on any atom is -1.00 e. The van der Waals surface area contributed by atoms with Crippen molar-refractivity contribution in [1.29, 1.82) is 0 Å². The fourth-order valence-corrected chi connectivity index (χ4v) is 9.95. The number of benzene rings is 4. The van der Waals surface area contributed by atoms with Gasteiger partial charge in [0.2, 0.25) is 11.9 Å². The molecule has 27 heteroatoms. The van der Waals surface area contributed by atoms with Gasteiger partial charge in [-0.25, -0.2) is 45.2 Å². The second kappa shape index (κ2) is 24.7. The third-order valence-corrected chi connectivity index (χ3v) is 14.5. The first-order valence-corrected chi connectivity index (χ1v) is 24.5. The summed E-state index contributed by atoms with van der Waals surface area (Å²) in [6.45, 7) is 8.97. The van der Waals surface area contributed by atoms with Crippen LogP contribution in [0.1, 0.15) is 60.7 Å². The molecule has 8 rings (SSSR count). The smallest absolute Gasteiger partial charge is 1.00 e. The van der Waals surface area contributed by atoms with E-state index in [1.165, 1.54) is 40.3 Å². The van der Waals surface area contributed by atoms with Crippen molar-refractivity contribution in [2.24, 2.45) is 5.73 Å². The predicted molar refractivity (Wildman–Crippen MR) is 255 cm³/mol. The van der Waals surface area contributed by atoms with Gasteiger partial charge in [0.15, 0.2) is 11.2 Å². The van der Waals surface area contributed by atoms with Gasteiger partial charge in [-0.2, -0.15) is 8.78 Å². The summed E-state index contributed by atoms with van der Waals surface area (Å²) in [5.41, 5.74) is 10.1. The molecule has 72 heavy (non-hydrogen) atoms. The molecule has 4 aromatic heterocycles. The molecule has 0 saturated carbocycles. The van der Waals surface area contributed by atoms with Crippen LogP contribution in [0.2, 0.25) is 6.32 Å². The van der Waals surface area contributed by atoms with E-state index in [1.807, 2.05) is 59.7 Å². The fourth-order valence-electron chi connectivity index (χ4n) is 7.20. The molecule has 0 radical (unpaired) electrons. The monoisotopic (exact) mass is 1130 g/mol. The van der Waals surface area contributed by atoms with E-state index in [0.717, 1.165) is 68.7 Å². The van der Waals surface area contributed by atoms with Gasteiger partial charge in [0.25, 0.3) is 20.0 Å². The van der Waals surface area contributed by atoms with Gasteiger partial charge in [-0.05, 0) is 86.1 Å². The van der Waals surface area contributed by atoms with Crippen LogP contribution in [-0.4, -0.2) is 43.2 Å². The van der Waals surface area contributed by atoms with Crippen LogP contribution >= 0.6 is 15.9 Å². The Kier molecular flexibility index (Phi) is 20.4. The number of nitrogens with one attached hydrogen (secondary N) is 2. The Morgan fingerprint density at radius 3 is 1.47 bits per heavy atom. The van der Waals surface area contributed by atoms with Gasteiger partial charge < -0.3 is 19.3 Å².